The quantitative estimate of drug-likeness (QED) is 0.845. The van der Waals surface area contributed by atoms with E-state index in [9.17, 15) is 5.11 Å². The van der Waals surface area contributed by atoms with Gasteiger partial charge in [-0.1, -0.05) is 11.6 Å². The Bertz CT molecular complexity index is 475. The van der Waals surface area contributed by atoms with Crippen molar-refractivity contribution in [3.8, 4) is 0 Å². The highest BCUT2D eigenvalue weighted by Gasteiger charge is 2.52. The van der Waals surface area contributed by atoms with Crippen LogP contribution in [0.1, 0.15) is 46.3 Å². The van der Waals surface area contributed by atoms with Crippen LogP contribution in [-0.4, -0.2) is 28.4 Å². The van der Waals surface area contributed by atoms with Crippen molar-refractivity contribution >= 4 is 24.3 Å². The Morgan fingerprint density at radius 3 is 2.26 bits per heavy atom. The Labute approximate surface area is 119 Å². The molecule has 0 spiro atoms. The van der Waals surface area contributed by atoms with Crippen LogP contribution in [0.3, 0.4) is 0 Å². The van der Waals surface area contributed by atoms with Crippen molar-refractivity contribution in [2.75, 3.05) is 0 Å². The molecule has 1 saturated heterocycles. The zero-order valence-corrected chi connectivity index (χ0v) is 12.7. The minimum Gasteiger partial charge on any atom is -0.398 e. The Hall–Kier alpha value is -0.615. The fourth-order valence-corrected chi connectivity index (χ4v) is 2.15. The molecule has 1 unspecified atom stereocenters. The van der Waals surface area contributed by atoms with Crippen LogP contribution in [0.2, 0.25) is 5.02 Å². The molecule has 0 amide bonds. The second-order valence-corrected chi connectivity index (χ2v) is 6.30. The highest BCUT2D eigenvalue weighted by atomic mass is 35.5. The van der Waals surface area contributed by atoms with Crippen molar-refractivity contribution in [2.24, 2.45) is 0 Å². The molecule has 4 nitrogen and oxygen atoms in total. The predicted octanol–water partition coefficient (Wildman–Crippen LogP) is 2.09. The van der Waals surface area contributed by atoms with Crippen LogP contribution in [0, 0.1) is 0 Å². The van der Waals surface area contributed by atoms with E-state index < -0.39 is 24.4 Å². The van der Waals surface area contributed by atoms with Gasteiger partial charge in [-0.15, -0.1) is 0 Å². The maximum absolute atomic E-state index is 9.68. The SMILES string of the molecule is CC(O)c1cc(B2OC(C)(C)C(C)(C)O2)ncc1Cl. The maximum Gasteiger partial charge on any atom is 0.514 e. The standard InChI is InChI=1S/C13H19BClNO3/c1-8(17)9-6-11(16-7-10(9)15)14-18-12(2,3)13(4,5)19-14/h6-8,17H,1-5H3. The fraction of sp³-hybridized carbons (Fsp3) is 0.615. The van der Waals surface area contributed by atoms with Gasteiger partial charge in [0.25, 0.3) is 0 Å². The van der Waals surface area contributed by atoms with Crippen molar-refractivity contribution in [1.82, 2.24) is 4.98 Å². The van der Waals surface area contributed by atoms with Crippen molar-refractivity contribution in [3.05, 3.63) is 22.8 Å². The monoisotopic (exact) mass is 283 g/mol. The summed E-state index contributed by atoms with van der Waals surface area (Å²) in [6.07, 6.45) is 0.862. The van der Waals surface area contributed by atoms with E-state index in [2.05, 4.69) is 4.98 Å². The van der Waals surface area contributed by atoms with Gasteiger partial charge in [-0.2, -0.15) is 0 Å². The van der Waals surface area contributed by atoms with Gasteiger partial charge < -0.3 is 14.4 Å². The zero-order chi connectivity index (χ0) is 14.4. The lowest BCUT2D eigenvalue weighted by molar-refractivity contribution is 0.00578. The summed E-state index contributed by atoms with van der Waals surface area (Å²) >= 11 is 6.01. The number of halogens is 1. The van der Waals surface area contributed by atoms with Crippen molar-refractivity contribution in [1.29, 1.82) is 0 Å². The van der Waals surface area contributed by atoms with Crippen LogP contribution in [0.5, 0.6) is 0 Å². The van der Waals surface area contributed by atoms with E-state index in [-0.39, 0.29) is 0 Å². The van der Waals surface area contributed by atoms with Crippen LogP contribution in [0.25, 0.3) is 0 Å². The lowest BCUT2D eigenvalue weighted by Gasteiger charge is -2.32. The number of aliphatic hydroxyl groups is 1. The van der Waals surface area contributed by atoms with E-state index in [0.717, 1.165) is 0 Å². The first kappa shape index (κ1) is 14.8. The molecule has 0 aliphatic carbocycles. The molecule has 2 heterocycles. The summed E-state index contributed by atoms with van der Waals surface area (Å²) in [5.74, 6) is 0. The van der Waals surface area contributed by atoms with E-state index in [1.165, 1.54) is 6.20 Å². The second-order valence-electron chi connectivity index (χ2n) is 5.89. The van der Waals surface area contributed by atoms with Gasteiger partial charge in [0, 0.05) is 11.8 Å². The van der Waals surface area contributed by atoms with Crippen LogP contribution in [0.4, 0.5) is 0 Å². The van der Waals surface area contributed by atoms with Crippen molar-refractivity contribution in [3.63, 3.8) is 0 Å². The molecule has 0 aromatic carbocycles. The molecule has 2 rings (SSSR count). The first-order valence-electron chi connectivity index (χ1n) is 6.33. The van der Waals surface area contributed by atoms with Gasteiger partial charge in [0.05, 0.1) is 27.9 Å². The Kier molecular flexibility index (Phi) is 3.69. The molecular formula is C13H19BClNO3. The fourth-order valence-electron chi connectivity index (χ4n) is 1.88. The van der Waals surface area contributed by atoms with Gasteiger partial charge in [0.2, 0.25) is 0 Å². The summed E-state index contributed by atoms with van der Waals surface area (Å²) in [6, 6.07) is 1.73. The minimum absolute atomic E-state index is 0.413. The topological polar surface area (TPSA) is 51.6 Å². The molecule has 6 heteroatoms. The highest BCUT2D eigenvalue weighted by molar-refractivity contribution is 6.61. The first-order valence-corrected chi connectivity index (χ1v) is 6.71. The molecule has 0 radical (unpaired) electrons. The molecule has 1 aliphatic heterocycles. The molecular weight excluding hydrogens is 264 g/mol. The van der Waals surface area contributed by atoms with E-state index in [1.807, 2.05) is 27.7 Å². The van der Waals surface area contributed by atoms with Crippen LogP contribution in [0.15, 0.2) is 12.3 Å². The van der Waals surface area contributed by atoms with Gasteiger partial charge >= 0.3 is 7.12 Å². The Morgan fingerprint density at radius 2 is 1.79 bits per heavy atom. The van der Waals surface area contributed by atoms with E-state index in [1.54, 1.807) is 13.0 Å². The zero-order valence-electron chi connectivity index (χ0n) is 11.9. The molecule has 1 aromatic heterocycles. The van der Waals surface area contributed by atoms with Crippen molar-refractivity contribution < 1.29 is 14.4 Å². The molecule has 0 bridgehead atoms. The lowest BCUT2D eigenvalue weighted by atomic mass is 9.83. The van der Waals surface area contributed by atoms with Crippen molar-refractivity contribution in [2.45, 2.75) is 51.9 Å². The van der Waals surface area contributed by atoms with E-state index in [0.29, 0.717) is 16.2 Å². The summed E-state index contributed by atoms with van der Waals surface area (Å²) in [7, 11) is -0.542. The van der Waals surface area contributed by atoms with Gasteiger partial charge in [-0.05, 0) is 40.7 Å². The molecule has 1 fully saturated rings. The largest absolute Gasteiger partial charge is 0.514 e. The number of aliphatic hydroxyl groups excluding tert-OH is 1. The second kappa shape index (κ2) is 4.74. The first-order chi connectivity index (χ1) is 8.64. The average molecular weight is 284 g/mol. The summed E-state index contributed by atoms with van der Waals surface area (Å²) in [4.78, 5) is 4.24. The van der Waals surface area contributed by atoms with Gasteiger partial charge in [0.1, 0.15) is 0 Å². The number of hydrogen-bond acceptors (Lipinski definition) is 4. The number of hydrogen-bond donors (Lipinski definition) is 1. The summed E-state index contributed by atoms with van der Waals surface area (Å²) in [6.45, 7) is 9.60. The molecule has 1 N–H and O–H groups in total. The Morgan fingerprint density at radius 1 is 1.26 bits per heavy atom. The predicted molar refractivity (Wildman–Crippen MR) is 75.6 cm³/mol. The highest BCUT2D eigenvalue weighted by Crippen LogP contribution is 2.36. The average Bonchev–Trinajstić information content (AvgIpc) is 2.48. The summed E-state index contributed by atoms with van der Waals surface area (Å²) in [5, 5.41) is 10.1. The third-order valence-electron chi connectivity index (χ3n) is 3.85. The minimum atomic E-state index is -0.656. The van der Waals surface area contributed by atoms with Gasteiger partial charge in [-0.25, -0.2) is 0 Å². The lowest BCUT2D eigenvalue weighted by Crippen LogP contribution is -2.41. The van der Waals surface area contributed by atoms with Gasteiger partial charge in [0.15, 0.2) is 0 Å². The molecule has 104 valence electrons. The number of rotatable bonds is 2. The summed E-state index contributed by atoms with van der Waals surface area (Å²) in [5.41, 5.74) is 0.425. The molecule has 1 aromatic rings. The normalized spacial score (nSPS) is 22.6. The van der Waals surface area contributed by atoms with Gasteiger partial charge in [-0.3, -0.25) is 4.98 Å². The molecule has 1 aliphatic rings. The Balaban J connectivity index is 2.32. The summed E-state index contributed by atoms with van der Waals surface area (Å²) < 4.78 is 11.8. The van der Waals surface area contributed by atoms with Crippen LogP contribution < -0.4 is 5.59 Å². The van der Waals surface area contributed by atoms with Crippen LogP contribution >= 0.6 is 11.6 Å². The number of aromatic nitrogens is 1. The third-order valence-corrected chi connectivity index (χ3v) is 4.17. The molecule has 1 atom stereocenters. The maximum atomic E-state index is 9.68. The van der Waals surface area contributed by atoms with Crippen LogP contribution in [-0.2, 0) is 9.31 Å². The smallest absolute Gasteiger partial charge is 0.398 e. The number of nitrogens with zero attached hydrogens (tertiary/aromatic N) is 1. The van der Waals surface area contributed by atoms with E-state index in [4.69, 9.17) is 20.9 Å². The number of pyridine rings is 1. The molecule has 19 heavy (non-hydrogen) atoms. The third kappa shape index (κ3) is 2.65. The van der Waals surface area contributed by atoms with E-state index >= 15 is 0 Å². The molecule has 0 saturated carbocycles.